The zero-order valence-electron chi connectivity index (χ0n) is 10.2. The number of anilines is 1. The Bertz CT molecular complexity index is 450. The van der Waals surface area contributed by atoms with Crippen LogP contribution in [0.15, 0.2) is 22.7 Å². The third kappa shape index (κ3) is 3.03. The second kappa shape index (κ2) is 5.71. The van der Waals surface area contributed by atoms with Crippen LogP contribution in [0.25, 0.3) is 0 Å². The largest absolute Gasteiger partial charge is 0.478 e. The molecule has 0 radical (unpaired) electrons. The maximum atomic E-state index is 11.0. The summed E-state index contributed by atoms with van der Waals surface area (Å²) in [6.45, 7) is 4.39. The number of hydrogen-bond donors (Lipinski definition) is 1. The van der Waals surface area contributed by atoms with E-state index in [0.29, 0.717) is 12.2 Å². The van der Waals surface area contributed by atoms with Crippen molar-refractivity contribution in [2.45, 2.75) is 19.4 Å². The van der Waals surface area contributed by atoms with Crippen LogP contribution in [0.3, 0.4) is 0 Å². The average Bonchev–Trinajstić information content (AvgIpc) is 2.38. The van der Waals surface area contributed by atoms with Crippen LogP contribution >= 0.6 is 15.9 Å². The van der Waals surface area contributed by atoms with Gasteiger partial charge in [-0.25, -0.2) is 4.79 Å². The monoisotopic (exact) mass is 313 g/mol. The van der Waals surface area contributed by atoms with Crippen LogP contribution in [0.2, 0.25) is 0 Å². The van der Waals surface area contributed by atoms with E-state index in [9.17, 15) is 4.79 Å². The average molecular weight is 314 g/mol. The highest BCUT2D eigenvalue weighted by atomic mass is 79.9. The van der Waals surface area contributed by atoms with Crippen molar-refractivity contribution in [3.63, 3.8) is 0 Å². The maximum absolute atomic E-state index is 11.0. The number of carboxylic acid groups (broad SMARTS) is 1. The highest BCUT2D eigenvalue weighted by molar-refractivity contribution is 9.10. The predicted molar refractivity (Wildman–Crippen MR) is 73.3 cm³/mol. The lowest BCUT2D eigenvalue weighted by Crippen LogP contribution is -2.42. The van der Waals surface area contributed by atoms with Crippen molar-refractivity contribution < 1.29 is 14.6 Å². The molecular weight excluding hydrogens is 298 g/mol. The summed E-state index contributed by atoms with van der Waals surface area (Å²) in [6, 6.07) is 5.28. The van der Waals surface area contributed by atoms with E-state index in [0.717, 1.165) is 29.7 Å². The van der Waals surface area contributed by atoms with E-state index in [4.69, 9.17) is 9.84 Å². The molecule has 0 bridgehead atoms. The fourth-order valence-electron chi connectivity index (χ4n) is 2.08. The summed E-state index contributed by atoms with van der Waals surface area (Å²) in [5.41, 5.74) is 1.24. The number of ether oxygens (including phenoxy) is 1. The van der Waals surface area contributed by atoms with Gasteiger partial charge in [0.05, 0.1) is 18.3 Å². The Kier molecular flexibility index (Phi) is 4.24. The molecular formula is C13H16BrNO3. The van der Waals surface area contributed by atoms with Crippen LogP contribution in [0.1, 0.15) is 23.7 Å². The molecule has 1 fully saturated rings. The lowest BCUT2D eigenvalue weighted by Gasteiger charge is -2.34. The molecule has 18 heavy (non-hydrogen) atoms. The molecule has 0 spiro atoms. The molecule has 1 saturated heterocycles. The molecule has 1 atom stereocenters. The number of benzene rings is 1. The normalized spacial score (nSPS) is 19.9. The lowest BCUT2D eigenvalue weighted by atomic mass is 10.1. The Labute approximate surface area is 115 Å². The molecule has 1 aliphatic rings. The fourth-order valence-corrected chi connectivity index (χ4v) is 2.56. The zero-order chi connectivity index (χ0) is 13.1. The smallest absolute Gasteiger partial charge is 0.335 e. The molecule has 1 heterocycles. The van der Waals surface area contributed by atoms with Gasteiger partial charge >= 0.3 is 5.97 Å². The van der Waals surface area contributed by atoms with Crippen molar-refractivity contribution >= 4 is 27.6 Å². The first-order valence-electron chi connectivity index (χ1n) is 6.00. The SMILES string of the molecule is CCC1CN(c2cc(Br)cc(C(=O)O)c2)CCO1. The quantitative estimate of drug-likeness (QED) is 0.932. The minimum absolute atomic E-state index is 0.228. The summed E-state index contributed by atoms with van der Waals surface area (Å²) in [6.07, 6.45) is 1.20. The molecule has 1 aromatic carbocycles. The van der Waals surface area contributed by atoms with E-state index in [1.165, 1.54) is 0 Å². The summed E-state index contributed by atoms with van der Waals surface area (Å²) < 4.78 is 6.41. The zero-order valence-corrected chi connectivity index (χ0v) is 11.8. The molecule has 0 saturated carbocycles. The molecule has 1 aliphatic heterocycles. The van der Waals surface area contributed by atoms with Gasteiger partial charge in [-0.2, -0.15) is 0 Å². The van der Waals surface area contributed by atoms with E-state index in [2.05, 4.69) is 27.8 Å². The van der Waals surface area contributed by atoms with Crippen LogP contribution in [0.5, 0.6) is 0 Å². The molecule has 2 rings (SSSR count). The minimum atomic E-state index is -0.905. The van der Waals surface area contributed by atoms with Gasteiger partial charge < -0.3 is 14.7 Å². The maximum Gasteiger partial charge on any atom is 0.335 e. The van der Waals surface area contributed by atoms with Crippen molar-refractivity contribution in [1.29, 1.82) is 0 Å². The number of aromatic carboxylic acids is 1. The van der Waals surface area contributed by atoms with Gasteiger partial charge in [0.1, 0.15) is 0 Å². The van der Waals surface area contributed by atoms with Crippen molar-refractivity contribution in [2.75, 3.05) is 24.6 Å². The number of halogens is 1. The fraction of sp³-hybridized carbons (Fsp3) is 0.462. The molecule has 1 N–H and O–H groups in total. The molecule has 0 aliphatic carbocycles. The van der Waals surface area contributed by atoms with Crippen molar-refractivity contribution in [2.24, 2.45) is 0 Å². The van der Waals surface area contributed by atoms with Gasteiger partial charge in [0.15, 0.2) is 0 Å². The minimum Gasteiger partial charge on any atom is -0.478 e. The molecule has 1 unspecified atom stereocenters. The first-order valence-corrected chi connectivity index (χ1v) is 6.80. The standard InChI is InChI=1S/C13H16BrNO3/c1-2-12-8-15(3-4-18-12)11-6-9(13(16)17)5-10(14)7-11/h5-7,12H,2-4,8H2,1H3,(H,16,17). The lowest BCUT2D eigenvalue weighted by molar-refractivity contribution is 0.0384. The van der Waals surface area contributed by atoms with Gasteiger partial charge in [-0.3, -0.25) is 0 Å². The summed E-state index contributed by atoms with van der Waals surface area (Å²) in [4.78, 5) is 13.2. The first kappa shape index (κ1) is 13.4. The Balaban J connectivity index is 2.24. The molecule has 1 aromatic rings. The van der Waals surface area contributed by atoms with Crippen LogP contribution in [0.4, 0.5) is 5.69 Å². The Morgan fingerprint density at radius 2 is 2.33 bits per heavy atom. The molecule has 0 aromatic heterocycles. The number of morpholine rings is 1. The third-order valence-corrected chi connectivity index (χ3v) is 3.55. The number of hydrogen-bond acceptors (Lipinski definition) is 3. The molecule has 0 amide bonds. The van der Waals surface area contributed by atoms with Gasteiger partial charge in [0.2, 0.25) is 0 Å². The van der Waals surface area contributed by atoms with E-state index in [1.807, 2.05) is 6.07 Å². The molecule has 5 heteroatoms. The second-order valence-corrected chi connectivity index (χ2v) is 5.27. The summed E-state index contributed by atoms with van der Waals surface area (Å²) >= 11 is 3.36. The number of carboxylic acids is 1. The van der Waals surface area contributed by atoms with Crippen LogP contribution in [-0.2, 0) is 4.74 Å². The van der Waals surface area contributed by atoms with Gasteiger partial charge in [-0.15, -0.1) is 0 Å². The number of carbonyl (C=O) groups is 1. The van der Waals surface area contributed by atoms with Gasteiger partial charge in [-0.1, -0.05) is 22.9 Å². The molecule has 98 valence electrons. The van der Waals surface area contributed by atoms with Crippen molar-refractivity contribution in [1.82, 2.24) is 0 Å². The first-order chi connectivity index (χ1) is 8.60. The Morgan fingerprint density at radius 1 is 1.56 bits per heavy atom. The van der Waals surface area contributed by atoms with Crippen LogP contribution in [-0.4, -0.2) is 36.9 Å². The van der Waals surface area contributed by atoms with E-state index >= 15 is 0 Å². The van der Waals surface area contributed by atoms with Crippen LogP contribution < -0.4 is 4.90 Å². The number of nitrogens with zero attached hydrogens (tertiary/aromatic N) is 1. The summed E-state index contributed by atoms with van der Waals surface area (Å²) in [5.74, 6) is -0.905. The summed E-state index contributed by atoms with van der Waals surface area (Å²) in [5, 5.41) is 9.07. The van der Waals surface area contributed by atoms with Crippen molar-refractivity contribution in [3.8, 4) is 0 Å². The predicted octanol–water partition coefficient (Wildman–Crippen LogP) is 2.76. The van der Waals surface area contributed by atoms with E-state index < -0.39 is 5.97 Å². The second-order valence-electron chi connectivity index (χ2n) is 4.35. The Morgan fingerprint density at radius 3 is 3.00 bits per heavy atom. The Hall–Kier alpha value is -1.07. The van der Waals surface area contributed by atoms with Gasteiger partial charge in [0, 0.05) is 23.2 Å². The highest BCUT2D eigenvalue weighted by Crippen LogP contribution is 2.25. The van der Waals surface area contributed by atoms with E-state index in [1.54, 1.807) is 12.1 Å². The van der Waals surface area contributed by atoms with Gasteiger partial charge in [-0.05, 0) is 24.6 Å². The third-order valence-electron chi connectivity index (χ3n) is 3.09. The van der Waals surface area contributed by atoms with Crippen molar-refractivity contribution in [3.05, 3.63) is 28.2 Å². The molecule has 4 nitrogen and oxygen atoms in total. The van der Waals surface area contributed by atoms with Gasteiger partial charge in [0.25, 0.3) is 0 Å². The summed E-state index contributed by atoms with van der Waals surface area (Å²) in [7, 11) is 0. The number of rotatable bonds is 3. The van der Waals surface area contributed by atoms with Crippen LogP contribution in [0, 0.1) is 0 Å². The van der Waals surface area contributed by atoms with E-state index in [-0.39, 0.29) is 6.10 Å². The highest BCUT2D eigenvalue weighted by Gasteiger charge is 2.20. The topological polar surface area (TPSA) is 49.8 Å².